The average molecular weight is 494 g/mol. The molecule has 0 unspecified atom stereocenters. The molecule has 0 saturated heterocycles. The molecule has 1 aliphatic carbocycles. The van der Waals surface area contributed by atoms with Gasteiger partial charge >= 0.3 is 5.97 Å². The number of carbonyl (C=O) groups is 1. The second-order valence-electron chi connectivity index (χ2n) is 8.96. The maximum Gasteiger partial charge on any atom is 0.306 e. The molecule has 3 aromatic heterocycles. The number of carboxylic acids is 1. The van der Waals surface area contributed by atoms with E-state index >= 15 is 0 Å². The number of pyridine rings is 1. The number of aromatic nitrogens is 4. The Morgan fingerprint density at radius 2 is 1.94 bits per heavy atom. The number of nitrogens with zero attached hydrogens (tertiary/aromatic N) is 5. The summed E-state index contributed by atoms with van der Waals surface area (Å²) in [5.74, 6) is -1.04. The molecule has 8 heteroatoms. The standard InChI is InChI=1S/C28H20ClN5O2/c29-20-5-3-4-18(12-20)26-15-17(23(16-30)27-31-24-6-1-2-7-25(24)34(26)27)8-9-21-10-11-33(32-21)22-13-19(14-22)28(35)36/h1-12,15,19,22H,13-14H2,(H,35,36)/b9-8+. The van der Waals surface area contributed by atoms with Crippen molar-refractivity contribution in [3.8, 4) is 17.3 Å². The van der Waals surface area contributed by atoms with Gasteiger partial charge in [-0.15, -0.1) is 0 Å². The molecule has 0 aliphatic heterocycles. The van der Waals surface area contributed by atoms with Gasteiger partial charge in [-0.05, 0) is 60.9 Å². The predicted molar refractivity (Wildman–Crippen MR) is 138 cm³/mol. The zero-order valence-electron chi connectivity index (χ0n) is 19.0. The summed E-state index contributed by atoms with van der Waals surface area (Å²) < 4.78 is 3.83. The number of carboxylic acid groups (broad SMARTS) is 1. The fourth-order valence-corrected chi connectivity index (χ4v) is 4.97. The number of nitriles is 1. The summed E-state index contributed by atoms with van der Waals surface area (Å²) >= 11 is 6.31. The molecule has 0 spiro atoms. The van der Waals surface area contributed by atoms with E-state index in [1.54, 1.807) is 0 Å². The van der Waals surface area contributed by atoms with Crippen LogP contribution in [0.1, 0.15) is 35.7 Å². The number of halogens is 1. The van der Waals surface area contributed by atoms with Crippen molar-refractivity contribution >= 4 is 46.4 Å². The summed E-state index contributed by atoms with van der Waals surface area (Å²) in [5.41, 5.74) is 6.00. The Labute approximate surface area is 211 Å². The Morgan fingerprint density at radius 1 is 1.11 bits per heavy atom. The lowest BCUT2D eigenvalue weighted by molar-refractivity contribution is -0.146. The molecule has 2 aromatic carbocycles. The van der Waals surface area contributed by atoms with E-state index in [1.807, 2.05) is 88.1 Å². The number of para-hydroxylation sites is 2. The van der Waals surface area contributed by atoms with Crippen LogP contribution in [0.5, 0.6) is 0 Å². The largest absolute Gasteiger partial charge is 0.481 e. The first-order chi connectivity index (χ1) is 17.5. The lowest BCUT2D eigenvalue weighted by Crippen LogP contribution is -2.32. The van der Waals surface area contributed by atoms with Gasteiger partial charge in [0.05, 0.1) is 34.4 Å². The molecule has 1 saturated carbocycles. The highest BCUT2D eigenvalue weighted by atomic mass is 35.5. The molecule has 1 N–H and O–H groups in total. The first-order valence-electron chi connectivity index (χ1n) is 11.6. The highest BCUT2D eigenvalue weighted by molar-refractivity contribution is 6.30. The molecule has 0 bridgehead atoms. The first kappa shape index (κ1) is 22.1. The van der Waals surface area contributed by atoms with Crippen molar-refractivity contribution in [1.82, 2.24) is 19.2 Å². The highest BCUT2D eigenvalue weighted by Crippen LogP contribution is 2.37. The summed E-state index contributed by atoms with van der Waals surface area (Å²) in [5, 5.41) is 24.5. The number of rotatable bonds is 5. The summed E-state index contributed by atoms with van der Waals surface area (Å²) in [4.78, 5) is 15.9. The Kier molecular flexibility index (Phi) is 5.32. The molecule has 5 aromatic rings. The number of hydrogen-bond donors (Lipinski definition) is 1. The van der Waals surface area contributed by atoms with Crippen LogP contribution in [-0.2, 0) is 4.79 Å². The third-order valence-electron chi connectivity index (χ3n) is 6.74. The minimum atomic E-state index is -0.750. The van der Waals surface area contributed by atoms with Crippen LogP contribution >= 0.6 is 11.6 Å². The monoisotopic (exact) mass is 493 g/mol. The van der Waals surface area contributed by atoms with Crippen molar-refractivity contribution in [3.05, 3.63) is 88.7 Å². The van der Waals surface area contributed by atoms with Crippen LogP contribution in [0.2, 0.25) is 5.02 Å². The van der Waals surface area contributed by atoms with Crippen molar-refractivity contribution in [2.75, 3.05) is 0 Å². The SMILES string of the molecule is N#Cc1c(/C=C/c2ccn(C3CC(C(=O)O)C3)n2)cc(-c2cccc(Cl)c2)n2c1nc1ccccc12. The molecule has 36 heavy (non-hydrogen) atoms. The van der Waals surface area contributed by atoms with Gasteiger partial charge in [0.25, 0.3) is 0 Å². The molecule has 1 aliphatic rings. The molecular weight excluding hydrogens is 474 g/mol. The van der Waals surface area contributed by atoms with Gasteiger partial charge in [0.15, 0.2) is 5.65 Å². The molecule has 6 rings (SSSR count). The zero-order valence-corrected chi connectivity index (χ0v) is 19.8. The van der Waals surface area contributed by atoms with Crippen molar-refractivity contribution in [2.45, 2.75) is 18.9 Å². The van der Waals surface area contributed by atoms with Crippen LogP contribution in [-0.4, -0.2) is 30.2 Å². The molecule has 1 fully saturated rings. The lowest BCUT2D eigenvalue weighted by atomic mass is 9.80. The second-order valence-corrected chi connectivity index (χ2v) is 9.39. The van der Waals surface area contributed by atoms with E-state index in [1.165, 1.54) is 0 Å². The summed E-state index contributed by atoms with van der Waals surface area (Å²) in [6.45, 7) is 0. The third kappa shape index (κ3) is 3.72. The maximum absolute atomic E-state index is 11.1. The van der Waals surface area contributed by atoms with E-state index in [4.69, 9.17) is 21.7 Å². The summed E-state index contributed by atoms with van der Waals surface area (Å²) in [6, 6.07) is 21.7. The minimum absolute atomic E-state index is 0.103. The Hall–Kier alpha value is -4.41. The van der Waals surface area contributed by atoms with E-state index in [0.717, 1.165) is 33.5 Å². The molecule has 176 valence electrons. The first-order valence-corrected chi connectivity index (χ1v) is 12.0. The van der Waals surface area contributed by atoms with E-state index < -0.39 is 5.97 Å². The van der Waals surface area contributed by atoms with Gasteiger partial charge in [-0.2, -0.15) is 10.4 Å². The molecule has 7 nitrogen and oxygen atoms in total. The summed E-state index contributed by atoms with van der Waals surface area (Å²) in [7, 11) is 0. The van der Waals surface area contributed by atoms with Crippen molar-refractivity contribution in [2.24, 2.45) is 5.92 Å². The molecular formula is C28H20ClN5O2. The summed E-state index contributed by atoms with van der Waals surface area (Å²) in [6.07, 6.45) is 6.79. The van der Waals surface area contributed by atoms with Crippen molar-refractivity contribution in [3.63, 3.8) is 0 Å². The molecule has 0 radical (unpaired) electrons. The zero-order chi connectivity index (χ0) is 24.8. The van der Waals surface area contributed by atoms with Crippen molar-refractivity contribution < 1.29 is 9.90 Å². The van der Waals surface area contributed by atoms with Gasteiger partial charge in [0.1, 0.15) is 11.6 Å². The fourth-order valence-electron chi connectivity index (χ4n) is 4.78. The number of benzene rings is 2. The number of hydrogen-bond acceptors (Lipinski definition) is 4. The lowest BCUT2D eigenvalue weighted by Gasteiger charge is -2.32. The average Bonchev–Trinajstić information content (AvgIpc) is 3.45. The van der Waals surface area contributed by atoms with Gasteiger partial charge in [0, 0.05) is 16.8 Å². The number of fused-ring (bicyclic) bond motifs is 3. The number of aliphatic carboxylic acids is 1. The molecule has 3 heterocycles. The van der Waals surface area contributed by atoms with Crippen LogP contribution in [0.3, 0.4) is 0 Å². The molecule has 0 amide bonds. The van der Waals surface area contributed by atoms with Gasteiger partial charge in [-0.3, -0.25) is 13.9 Å². The van der Waals surface area contributed by atoms with Gasteiger partial charge in [-0.25, -0.2) is 4.98 Å². The Balaban J connectivity index is 1.44. The van der Waals surface area contributed by atoms with Crippen LogP contribution in [0.15, 0.2) is 66.9 Å². The van der Waals surface area contributed by atoms with Gasteiger partial charge < -0.3 is 5.11 Å². The van der Waals surface area contributed by atoms with Crippen molar-refractivity contribution in [1.29, 1.82) is 5.26 Å². The fraction of sp³-hybridized carbons (Fsp3) is 0.143. The van der Waals surface area contributed by atoms with Crippen LogP contribution in [0, 0.1) is 17.2 Å². The highest BCUT2D eigenvalue weighted by Gasteiger charge is 2.35. The Morgan fingerprint density at radius 3 is 2.72 bits per heavy atom. The van der Waals surface area contributed by atoms with E-state index in [0.29, 0.717) is 29.1 Å². The van der Waals surface area contributed by atoms with Gasteiger partial charge in [0.2, 0.25) is 0 Å². The second kappa shape index (κ2) is 8.67. The molecule has 0 atom stereocenters. The number of imidazole rings is 1. The van der Waals surface area contributed by atoms with Crippen LogP contribution in [0.4, 0.5) is 0 Å². The van der Waals surface area contributed by atoms with Crippen LogP contribution < -0.4 is 0 Å². The third-order valence-corrected chi connectivity index (χ3v) is 6.97. The minimum Gasteiger partial charge on any atom is -0.481 e. The predicted octanol–water partition coefficient (Wildman–Crippen LogP) is 6.08. The Bertz CT molecular complexity index is 1720. The quantitative estimate of drug-likeness (QED) is 0.320. The maximum atomic E-state index is 11.1. The van der Waals surface area contributed by atoms with Crippen LogP contribution in [0.25, 0.3) is 40.1 Å². The van der Waals surface area contributed by atoms with Gasteiger partial charge in [-0.1, -0.05) is 41.9 Å². The smallest absolute Gasteiger partial charge is 0.306 e. The van der Waals surface area contributed by atoms with E-state index in [2.05, 4.69) is 11.2 Å². The topological polar surface area (TPSA) is 96.2 Å². The van der Waals surface area contributed by atoms with E-state index in [9.17, 15) is 10.1 Å². The van der Waals surface area contributed by atoms with E-state index in [-0.39, 0.29) is 12.0 Å². The normalized spacial score (nSPS) is 17.4.